The molecule has 1 aromatic heterocycles. The maximum Gasteiger partial charge on any atom is 0.254 e. The molecular weight excluding hydrogens is 372 g/mol. The third kappa shape index (κ3) is 3.59. The second kappa shape index (κ2) is 7.05. The minimum absolute atomic E-state index is 0.0603. The maximum atomic E-state index is 12.8. The Morgan fingerprint density at radius 1 is 1.33 bits per heavy atom. The highest BCUT2D eigenvalue weighted by Crippen LogP contribution is 2.26. The van der Waals surface area contributed by atoms with Crippen LogP contribution in [0.1, 0.15) is 28.1 Å². The van der Waals surface area contributed by atoms with E-state index in [1.807, 2.05) is 11.0 Å². The number of aryl methyl sites for hydroxylation is 1. The van der Waals surface area contributed by atoms with Gasteiger partial charge in [-0.05, 0) is 52.7 Å². The van der Waals surface area contributed by atoms with E-state index in [1.54, 1.807) is 24.3 Å². The maximum absolute atomic E-state index is 12.8. The van der Waals surface area contributed by atoms with Gasteiger partial charge in [-0.2, -0.15) is 0 Å². The first-order valence-electron chi connectivity index (χ1n) is 7.66. The summed E-state index contributed by atoms with van der Waals surface area (Å²) >= 11 is 3.34. The highest BCUT2D eigenvalue weighted by Gasteiger charge is 2.23. The standard InChI is InChI=1S/C18H17BrN2O3/c1-2-17(22)20-14-6-3-5-12(9-14)18(23)21-8-4-7-15-13(11-21)10-16(19)24-15/h2-3,5-6,9-10H,1,4,7-8,11H2,(H,20,22). The fourth-order valence-electron chi connectivity index (χ4n) is 2.77. The Morgan fingerprint density at radius 3 is 2.96 bits per heavy atom. The van der Waals surface area contributed by atoms with Crippen molar-refractivity contribution in [3.63, 3.8) is 0 Å². The fourth-order valence-corrected chi connectivity index (χ4v) is 3.24. The smallest absolute Gasteiger partial charge is 0.254 e. The van der Waals surface area contributed by atoms with Gasteiger partial charge in [0.15, 0.2) is 4.67 Å². The highest BCUT2D eigenvalue weighted by molar-refractivity contribution is 9.10. The van der Waals surface area contributed by atoms with Crippen LogP contribution in [-0.2, 0) is 17.8 Å². The van der Waals surface area contributed by atoms with Crippen LogP contribution in [-0.4, -0.2) is 23.3 Å². The van der Waals surface area contributed by atoms with Crippen LogP contribution in [0.5, 0.6) is 0 Å². The molecule has 0 atom stereocenters. The van der Waals surface area contributed by atoms with Crippen molar-refractivity contribution in [1.82, 2.24) is 4.90 Å². The molecular formula is C18H17BrN2O3. The molecule has 5 nitrogen and oxygen atoms in total. The van der Waals surface area contributed by atoms with Crippen molar-refractivity contribution in [2.75, 3.05) is 11.9 Å². The molecule has 0 saturated heterocycles. The van der Waals surface area contributed by atoms with Crippen LogP contribution >= 0.6 is 15.9 Å². The molecule has 3 rings (SSSR count). The van der Waals surface area contributed by atoms with Gasteiger partial charge in [-0.3, -0.25) is 9.59 Å². The predicted octanol–water partition coefficient (Wildman–Crippen LogP) is 3.76. The number of halogens is 1. The molecule has 1 N–H and O–H groups in total. The van der Waals surface area contributed by atoms with E-state index in [1.165, 1.54) is 6.08 Å². The van der Waals surface area contributed by atoms with Gasteiger partial charge in [0.05, 0.1) is 0 Å². The van der Waals surface area contributed by atoms with Gasteiger partial charge in [0.2, 0.25) is 5.91 Å². The highest BCUT2D eigenvalue weighted by atomic mass is 79.9. The van der Waals surface area contributed by atoms with E-state index in [-0.39, 0.29) is 11.8 Å². The summed E-state index contributed by atoms with van der Waals surface area (Å²) in [5.41, 5.74) is 2.15. The van der Waals surface area contributed by atoms with Crippen molar-refractivity contribution < 1.29 is 14.0 Å². The molecule has 0 saturated carbocycles. The van der Waals surface area contributed by atoms with E-state index in [0.29, 0.717) is 29.0 Å². The first-order chi connectivity index (χ1) is 11.6. The van der Waals surface area contributed by atoms with Crippen molar-refractivity contribution in [3.8, 4) is 0 Å². The lowest BCUT2D eigenvalue weighted by atomic mass is 10.1. The van der Waals surface area contributed by atoms with Gasteiger partial charge in [-0.15, -0.1) is 0 Å². The van der Waals surface area contributed by atoms with Crippen molar-refractivity contribution in [2.24, 2.45) is 0 Å². The molecule has 0 unspecified atom stereocenters. The number of nitrogens with one attached hydrogen (secondary N) is 1. The van der Waals surface area contributed by atoms with E-state index < -0.39 is 0 Å². The first kappa shape index (κ1) is 16.5. The number of carbonyl (C=O) groups excluding carboxylic acids is 2. The fraction of sp³-hybridized carbons (Fsp3) is 0.222. The number of hydrogen-bond donors (Lipinski definition) is 1. The first-order valence-corrected chi connectivity index (χ1v) is 8.46. The summed E-state index contributed by atoms with van der Waals surface area (Å²) in [5.74, 6) is 0.571. The number of nitrogens with zero attached hydrogens (tertiary/aromatic N) is 1. The number of anilines is 1. The molecule has 24 heavy (non-hydrogen) atoms. The second-order valence-electron chi connectivity index (χ2n) is 5.60. The Hall–Kier alpha value is -2.34. The summed E-state index contributed by atoms with van der Waals surface area (Å²) in [6.07, 6.45) is 2.87. The third-order valence-corrected chi connectivity index (χ3v) is 4.30. The molecule has 0 fully saturated rings. The van der Waals surface area contributed by atoms with E-state index in [2.05, 4.69) is 27.8 Å². The van der Waals surface area contributed by atoms with Crippen LogP contribution in [0.3, 0.4) is 0 Å². The lowest BCUT2D eigenvalue weighted by Gasteiger charge is -2.20. The number of carbonyl (C=O) groups is 2. The zero-order valence-electron chi connectivity index (χ0n) is 13.0. The lowest BCUT2D eigenvalue weighted by molar-refractivity contribution is -0.111. The van der Waals surface area contributed by atoms with Gasteiger partial charge in [-0.25, -0.2) is 0 Å². The third-order valence-electron chi connectivity index (χ3n) is 3.91. The molecule has 0 bridgehead atoms. The Kier molecular flexibility index (Phi) is 4.85. The monoisotopic (exact) mass is 388 g/mol. The van der Waals surface area contributed by atoms with Gasteiger partial charge >= 0.3 is 0 Å². The molecule has 1 aliphatic rings. The molecule has 0 radical (unpaired) electrons. The average Bonchev–Trinajstić information content (AvgIpc) is 2.81. The van der Waals surface area contributed by atoms with Crippen LogP contribution < -0.4 is 5.32 Å². The van der Waals surface area contributed by atoms with Crippen LogP contribution in [0.2, 0.25) is 0 Å². The number of fused-ring (bicyclic) bond motifs is 1. The Balaban J connectivity index is 1.80. The predicted molar refractivity (Wildman–Crippen MR) is 94.7 cm³/mol. The Morgan fingerprint density at radius 2 is 2.17 bits per heavy atom. The van der Waals surface area contributed by atoms with Crippen molar-refractivity contribution >= 4 is 33.4 Å². The molecule has 0 spiro atoms. The summed E-state index contributed by atoms with van der Waals surface area (Å²) in [5, 5.41) is 2.67. The van der Waals surface area contributed by atoms with Crippen molar-refractivity contribution in [1.29, 1.82) is 0 Å². The summed E-state index contributed by atoms with van der Waals surface area (Å²) in [7, 11) is 0. The molecule has 1 aromatic carbocycles. The number of furan rings is 1. The minimum atomic E-state index is -0.303. The van der Waals surface area contributed by atoms with Gasteiger partial charge in [0.1, 0.15) is 5.76 Å². The molecule has 2 aromatic rings. The zero-order valence-corrected chi connectivity index (χ0v) is 14.6. The SMILES string of the molecule is C=CC(=O)Nc1cccc(C(=O)N2CCCc3oc(Br)cc3C2)c1. The number of benzene rings is 1. The Bertz CT molecular complexity index is 797. The zero-order chi connectivity index (χ0) is 17.1. The van der Waals surface area contributed by atoms with Crippen LogP contribution in [0, 0.1) is 0 Å². The summed E-state index contributed by atoms with van der Waals surface area (Å²) in [6, 6.07) is 8.85. The van der Waals surface area contributed by atoms with Gasteiger partial charge in [0, 0.05) is 36.3 Å². The quantitative estimate of drug-likeness (QED) is 0.814. The number of rotatable bonds is 3. The molecule has 6 heteroatoms. The van der Waals surface area contributed by atoms with Crippen molar-refractivity contribution in [2.45, 2.75) is 19.4 Å². The van der Waals surface area contributed by atoms with E-state index in [0.717, 1.165) is 24.2 Å². The van der Waals surface area contributed by atoms with E-state index >= 15 is 0 Å². The van der Waals surface area contributed by atoms with Gasteiger partial charge in [-0.1, -0.05) is 12.6 Å². The summed E-state index contributed by atoms with van der Waals surface area (Å²) < 4.78 is 6.31. The topological polar surface area (TPSA) is 62.6 Å². The molecule has 124 valence electrons. The number of hydrogen-bond acceptors (Lipinski definition) is 3. The number of amides is 2. The molecule has 2 heterocycles. The van der Waals surface area contributed by atoms with Crippen LogP contribution in [0.15, 0.2) is 52.1 Å². The van der Waals surface area contributed by atoms with Crippen LogP contribution in [0.25, 0.3) is 0 Å². The molecule has 0 aliphatic carbocycles. The lowest BCUT2D eigenvalue weighted by Crippen LogP contribution is -2.30. The molecule has 2 amide bonds. The van der Waals surface area contributed by atoms with E-state index in [9.17, 15) is 9.59 Å². The summed E-state index contributed by atoms with van der Waals surface area (Å²) in [6.45, 7) is 4.61. The van der Waals surface area contributed by atoms with E-state index in [4.69, 9.17) is 4.42 Å². The van der Waals surface area contributed by atoms with Crippen molar-refractivity contribution in [3.05, 3.63) is 64.5 Å². The van der Waals surface area contributed by atoms with Gasteiger partial charge in [0.25, 0.3) is 5.91 Å². The average molecular weight is 389 g/mol. The van der Waals surface area contributed by atoms with Gasteiger partial charge < -0.3 is 14.6 Å². The Labute approximate surface area is 148 Å². The second-order valence-corrected chi connectivity index (χ2v) is 6.38. The normalized spacial score (nSPS) is 13.8. The summed E-state index contributed by atoms with van der Waals surface area (Å²) in [4.78, 5) is 26.0. The van der Waals surface area contributed by atoms with Crippen LogP contribution in [0.4, 0.5) is 5.69 Å². The molecule has 1 aliphatic heterocycles. The minimum Gasteiger partial charge on any atom is -0.454 e. The largest absolute Gasteiger partial charge is 0.454 e.